The summed E-state index contributed by atoms with van der Waals surface area (Å²) >= 11 is 0. The monoisotopic (exact) mass is 219 g/mol. The maximum absolute atomic E-state index is 5.43. The first kappa shape index (κ1) is 12.4. The van der Waals surface area contributed by atoms with Gasteiger partial charge in [0.25, 0.3) is 0 Å². The van der Waals surface area contributed by atoms with E-state index in [1.165, 1.54) is 5.56 Å². The third-order valence-corrected chi connectivity index (χ3v) is 1.79. The van der Waals surface area contributed by atoms with Gasteiger partial charge in [0.05, 0.1) is 5.69 Å². The van der Waals surface area contributed by atoms with Gasteiger partial charge in [0.2, 0.25) is 0 Å². The summed E-state index contributed by atoms with van der Waals surface area (Å²) in [6, 6.07) is 7.80. The third kappa shape index (κ3) is 4.75. The molecule has 2 N–H and O–H groups in total. The lowest BCUT2D eigenvalue weighted by molar-refractivity contribution is 0.630. The zero-order valence-electron chi connectivity index (χ0n) is 9.83. The minimum absolute atomic E-state index is 0.294. The largest absolute Gasteiger partial charge is 0.308 e. The number of azo groups is 2. The molecule has 2 atom stereocenters. The van der Waals surface area contributed by atoms with Gasteiger partial charge in [0, 0.05) is 0 Å². The summed E-state index contributed by atoms with van der Waals surface area (Å²) in [5.41, 5.74) is 7.44. The zero-order chi connectivity index (χ0) is 12.0. The van der Waals surface area contributed by atoms with Gasteiger partial charge in [-0.15, -0.1) is 0 Å². The van der Waals surface area contributed by atoms with E-state index in [-0.39, 0.29) is 12.3 Å². The SMILES string of the molecule is Cc1ccc(N=NC(C)N=NC(C)N)cc1. The summed E-state index contributed by atoms with van der Waals surface area (Å²) in [6.07, 6.45) is -0.593. The molecule has 0 fully saturated rings. The van der Waals surface area contributed by atoms with Crippen LogP contribution in [0.25, 0.3) is 0 Å². The predicted molar refractivity (Wildman–Crippen MR) is 63.7 cm³/mol. The number of benzene rings is 1. The number of hydrogen-bond donors (Lipinski definition) is 1. The van der Waals surface area contributed by atoms with E-state index in [0.717, 1.165) is 5.69 Å². The van der Waals surface area contributed by atoms with Crippen molar-refractivity contribution in [2.75, 3.05) is 0 Å². The van der Waals surface area contributed by atoms with Crippen molar-refractivity contribution in [1.29, 1.82) is 0 Å². The molecule has 0 aliphatic carbocycles. The van der Waals surface area contributed by atoms with Gasteiger partial charge in [-0.25, -0.2) is 0 Å². The molecule has 1 rings (SSSR count). The molecule has 0 heterocycles. The smallest absolute Gasteiger partial charge is 0.178 e. The lowest BCUT2D eigenvalue weighted by atomic mass is 10.2. The highest BCUT2D eigenvalue weighted by Crippen LogP contribution is 2.13. The third-order valence-electron chi connectivity index (χ3n) is 1.79. The lowest BCUT2D eigenvalue weighted by Gasteiger charge is -1.98. The Bertz CT molecular complexity index is 366. The summed E-state index contributed by atoms with van der Waals surface area (Å²) < 4.78 is 0. The van der Waals surface area contributed by atoms with E-state index >= 15 is 0 Å². The number of nitrogens with two attached hydrogens (primary N) is 1. The molecule has 0 aliphatic rings. The average molecular weight is 219 g/mol. The second-order valence-electron chi connectivity index (χ2n) is 3.65. The molecule has 1 aromatic rings. The van der Waals surface area contributed by atoms with E-state index in [2.05, 4.69) is 20.5 Å². The van der Waals surface area contributed by atoms with Crippen LogP contribution < -0.4 is 5.73 Å². The first-order chi connectivity index (χ1) is 7.58. The fourth-order valence-electron chi connectivity index (χ4n) is 0.986. The van der Waals surface area contributed by atoms with E-state index < -0.39 is 0 Å². The molecule has 0 saturated heterocycles. The minimum atomic E-state index is -0.299. The fourth-order valence-corrected chi connectivity index (χ4v) is 0.986. The molecule has 0 aliphatic heterocycles. The van der Waals surface area contributed by atoms with Gasteiger partial charge in [0.1, 0.15) is 6.17 Å². The zero-order valence-corrected chi connectivity index (χ0v) is 9.83. The van der Waals surface area contributed by atoms with E-state index in [1.54, 1.807) is 6.92 Å². The van der Waals surface area contributed by atoms with Crippen LogP contribution in [0.1, 0.15) is 19.4 Å². The lowest BCUT2D eigenvalue weighted by Crippen LogP contribution is -2.10. The summed E-state index contributed by atoms with van der Waals surface area (Å²) in [5.74, 6) is 0. The molecular weight excluding hydrogens is 202 g/mol. The van der Waals surface area contributed by atoms with Gasteiger partial charge >= 0.3 is 0 Å². The Morgan fingerprint density at radius 2 is 1.62 bits per heavy atom. The Kier molecular flexibility index (Phi) is 4.72. The van der Waals surface area contributed by atoms with Gasteiger partial charge in [-0.05, 0) is 32.9 Å². The number of rotatable bonds is 4. The Morgan fingerprint density at radius 3 is 2.19 bits per heavy atom. The van der Waals surface area contributed by atoms with Crippen molar-refractivity contribution in [2.24, 2.45) is 26.2 Å². The van der Waals surface area contributed by atoms with E-state index in [1.807, 2.05) is 38.1 Å². The highest BCUT2D eigenvalue weighted by atomic mass is 15.3. The summed E-state index contributed by atoms with van der Waals surface area (Å²) in [6.45, 7) is 5.59. The van der Waals surface area contributed by atoms with Crippen molar-refractivity contribution in [3.63, 3.8) is 0 Å². The molecule has 5 nitrogen and oxygen atoms in total. The van der Waals surface area contributed by atoms with Crippen LogP contribution in [-0.4, -0.2) is 12.3 Å². The highest BCUT2D eigenvalue weighted by Gasteiger charge is 1.95. The average Bonchev–Trinajstić information content (AvgIpc) is 2.25. The summed E-state index contributed by atoms with van der Waals surface area (Å²) in [4.78, 5) is 0. The summed E-state index contributed by atoms with van der Waals surface area (Å²) in [7, 11) is 0. The van der Waals surface area contributed by atoms with Gasteiger partial charge in [0.15, 0.2) is 6.17 Å². The fraction of sp³-hybridized carbons (Fsp3) is 0.455. The van der Waals surface area contributed by atoms with Crippen molar-refractivity contribution in [3.8, 4) is 0 Å². The molecule has 16 heavy (non-hydrogen) atoms. The first-order valence-corrected chi connectivity index (χ1v) is 5.21. The number of hydrogen-bond acceptors (Lipinski definition) is 5. The van der Waals surface area contributed by atoms with Crippen LogP contribution in [0.4, 0.5) is 5.69 Å². The van der Waals surface area contributed by atoms with Crippen LogP contribution in [0.15, 0.2) is 44.7 Å². The number of aryl methyl sites for hydroxylation is 1. The molecule has 0 radical (unpaired) electrons. The van der Waals surface area contributed by atoms with Crippen LogP contribution in [-0.2, 0) is 0 Å². The van der Waals surface area contributed by atoms with Gasteiger partial charge in [-0.1, -0.05) is 17.7 Å². The van der Waals surface area contributed by atoms with Gasteiger partial charge in [-0.2, -0.15) is 20.5 Å². The molecule has 0 aromatic heterocycles. The standard InChI is InChI=1S/C11H17N5/c1-8-4-6-11(7-5-8)16-15-10(3)14-13-9(2)12/h4-7,9-10H,12H2,1-3H3. The van der Waals surface area contributed by atoms with Crippen molar-refractivity contribution < 1.29 is 0 Å². The first-order valence-electron chi connectivity index (χ1n) is 5.21. The number of nitrogens with zero attached hydrogens (tertiary/aromatic N) is 4. The molecule has 0 spiro atoms. The molecule has 5 heteroatoms. The molecule has 86 valence electrons. The normalized spacial score (nSPS) is 15.8. The maximum Gasteiger partial charge on any atom is 0.178 e. The maximum atomic E-state index is 5.43. The molecule has 0 saturated carbocycles. The Morgan fingerprint density at radius 1 is 1.00 bits per heavy atom. The van der Waals surface area contributed by atoms with E-state index in [4.69, 9.17) is 5.73 Å². The van der Waals surface area contributed by atoms with Crippen LogP contribution in [0.5, 0.6) is 0 Å². The van der Waals surface area contributed by atoms with Crippen LogP contribution >= 0.6 is 0 Å². The van der Waals surface area contributed by atoms with Crippen molar-refractivity contribution in [3.05, 3.63) is 29.8 Å². The van der Waals surface area contributed by atoms with E-state index in [9.17, 15) is 0 Å². The minimum Gasteiger partial charge on any atom is -0.308 e. The Labute approximate surface area is 95.5 Å². The second kappa shape index (κ2) is 6.07. The van der Waals surface area contributed by atoms with Gasteiger partial charge in [-0.3, -0.25) is 0 Å². The van der Waals surface area contributed by atoms with Crippen LogP contribution in [0.3, 0.4) is 0 Å². The topological polar surface area (TPSA) is 75.5 Å². The van der Waals surface area contributed by atoms with Gasteiger partial charge < -0.3 is 5.73 Å². The summed E-state index contributed by atoms with van der Waals surface area (Å²) in [5, 5.41) is 15.8. The van der Waals surface area contributed by atoms with Crippen LogP contribution in [0, 0.1) is 6.92 Å². The molecule has 1 aromatic carbocycles. The quantitative estimate of drug-likeness (QED) is 0.776. The molecular formula is C11H17N5. The molecule has 2 unspecified atom stereocenters. The van der Waals surface area contributed by atoms with Crippen LogP contribution in [0.2, 0.25) is 0 Å². The Hall–Kier alpha value is -1.62. The highest BCUT2D eigenvalue weighted by molar-refractivity contribution is 5.37. The van der Waals surface area contributed by atoms with Crippen molar-refractivity contribution in [2.45, 2.75) is 33.1 Å². The Balaban J connectivity index is 2.56. The van der Waals surface area contributed by atoms with E-state index in [0.29, 0.717) is 0 Å². The van der Waals surface area contributed by atoms with Crippen molar-refractivity contribution in [1.82, 2.24) is 0 Å². The van der Waals surface area contributed by atoms with Crippen molar-refractivity contribution >= 4 is 5.69 Å². The second-order valence-corrected chi connectivity index (χ2v) is 3.65. The predicted octanol–water partition coefficient (Wildman–Crippen LogP) is 3.18. The molecule has 0 bridgehead atoms. The molecule has 0 amide bonds.